The van der Waals surface area contributed by atoms with Crippen LogP contribution in [0.15, 0.2) is 18.2 Å². The van der Waals surface area contributed by atoms with Gasteiger partial charge in [-0.25, -0.2) is 0 Å². The van der Waals surface area contributed by atoms with E-state index >= 15 is 0 Å². The molecule has 0 bridgehead atoms. The summed E-state index contributed by atoms with van der Waals surface area (Å²) in [7, 11) is 0. The summed E-state index contributed by atoms with van der Waals surface area (Å²) < 4.78 is 0. The Morgan fingerprint density at radius 2 is 2.05 bits per heavy atom. The van der Waals surface area contributed by atoms with Gasteiger partial charge in [-0.1, -0.05) is 31.5 Å². The van der Waals surface area contributed by atoms with Crippen molar-refractivity contribution >= 4 is 34.6 Å². The smallest absolute Gasteiger partial charge is 0.176 e. The Balaban J connectivity index is 2.24. The molecule has 1 saturated heterocycles. The number of anilines is 1. The molecule has 0 atom stereocenters. The Labute approximate surface area is 126 Å². The molecule has 0 spiro atoms. The summed E-state index contributed by atoms with van der Waals surface area (Å²) in [5, 5.41) is 1.70. The van der Waals surface area contributed by atoms with E-state index in [1.165, 1.54) is 5.56 Å². The monoisotopic (exact) mass is 296 g/mol. The SMILES string of the molecule is Cc1ccc(Cl)cc1N1CCCN(CC(C)C)C1=S. The zero-order valence-electron chi connectivity index (χ0n) is 11.8. The molecule has 2 rings (SSSR count). The van der Waals surface area contributed by atoms with Crippen molar-refractivity contribution in [3.05, 3.63) is 28.8 Å². The highest BCUT2D eigenvalue weighted by atomic mass is 35.5. The lowest BCUT2D eigenvalue weighted by Crippen LogP contribution is -2.50. The lowest BCUT2D eigenvalue weighted by atomic mass is 10.1. The molecule has 1 aliphatic heterocycles. The molecular formula is C15H21ClN2S. The lowest BCUT2D eigenvalue weighted by molar-refractivity contribution is 0.345. The highest BCUT2D eigenvalue weighted by Crippen LogP contribution is 2.27. The number of thiocarbonyl (C=S) groups is 1. The fourth-order valence-corrected chi connectivity index (χ4v) is 3.01. The third kappa shape index (κ3) is 3.40. The molecule has 1 aromatic rings. The van der Waals surface area contributed by atoms with E-state index < -0.39 is 0 Å². The van der Waals surface area contributed by atoms with Gasteiger partial charge in [0, 0.05) is 30.3 Å². The number of benzene rings is 1. The van der Waals surface area contributed by atoms with E-state index in [4.69, 9.17) is 23.8 Å². The van der Waals surface area contributed by atoms with E-state index in [9.17, 15) is 0 Å². The normalized spacial score (nSPS) is 16.4. The van der Waals surface area contributed by atoms with Crippen LogP contribution in [-0.2, 0) is 0 Å². The van der Waals surface area contributed by atoms with E-state index in [0.29, 0.717) is 5.92 Å². The van der Waals surface area contributed by atoms with Crippen LogP contribution in [0.4, 0.5) is 5.69 Å². The number of rotatable bonds is 3. The van der Waals surface area contributed by atoms with Crippen molar-refractivity contribution in [2.24, 2.45) is 5.92 Å². The van der Waals surface area contributed by atoms with E-state index in [2.05, 4.69) is 36.6 Å². The van der Waals surface area contributed by atoms with Gasteiger partial charge >= 0.3 is 0 Å². The number of hydrogen-bond donors (Lipinski definition) is 0. The first-order valence-electron chi connectivity index (χ1n) is 6.81. The minimum Gasteiger partial charge on any atom is -0.349 e. The molecule has 1 aliphatic rings. The summed E-state index contributed by atoms with van der Waals surface area (Å²) in [5.74, 6) is 0.623. The minimum atomic E-state index is 0.623. The van der Waals surface area contributed by atoms with E-state index in [0.717, 1.165) is 41.9 Å². The third-order valence-electron chi connectivity index (χ3n) is 3.36. The van der Waals surface area contributed by atoms with Crippen LogP contribution < -0.4 is 4.90 Å². The summed E-state index contributed by atoms with van der Waals surface area (Å²) in [6.07, 6.45) is 1.14. The van der Waals surface area contributed by atoms with Crippen molar-refractivity contribution in [1.82, 2.24) is 4.90 Å². The number of aryl methyl sites for hydroxylation is 1. The summed E-state index contributed by atoms with van der Waals surface area (Å²) >= 11 is 11.8. The van der Waals surface area contributed by atoms with Crippen molar-refractivity contribution in [2.75, 3.05) is 24.5 Å². The van der Waals surface area contributed by atoms with Crippen LogP contribution >= 0.6 is 23.8 Å². The first kappa shape index (κ1) is 14.6. The van der Waals surface area contributed by atoms with Crippen LogP contribution in [0, 0.1) is 12.8 Å². The van der Waals surface area contributed by atoms with Gasteiger partial charge in [-0.2, -0.15) is 0 Å². The van der Waals surface area contributed by atoms with Gasteiger partial charge in [0.05, 0.1) is 0 Å². The molecule has 0 amide bonds. The maximum absolute atomic E-state index is 6.12. The fourth-order valence-electron chi connectivity index (χ4n) is 2.49. The third-order valence-corrected chi connectivity index (χ3v) is 4.07. The molecule has 104 valence electrons. The summed E-state index contributed by atoms with van der Waals surface area (Å²) in [6.45, 7) is 9.63. The summed E-state index contributed by atoms with van der Waals surface area (Å²) in [5.41, 5.74) is 2.36. The van der Waals surface area contributed by atoms with Crippen LogP contribution in [0.1, 0.15) is 25.8 Å². The minimum absolute atomic E-state index is 0.623. The standard InChI is InChI=1S/C15H21ClN2S/c1-11(2)10-17-7-4-8-18(15(17)19)14-9-13(16)6-5-12(14)3/h5-6,9,11H,4,7-8,10H2,1-3H3. The molecule has 0 aliphatic carbocycles. The molecule has 0 N–H and O–H groups in total. The molecule has 19 heavy (non-hydrogen) atoms. The summed E-state index contributed by atoms with van der Waals surface area (Å²) in [4.78, 5) is 4.53. The molecule has 1 fully saturated rings. The van der Waals surface area contributed by atoms with Crippen LogP contribution in [0.5, 0.6) is 0 Å². The maximum atomic E-state index is 6.12. The molecule has 0 aromatic heterocycles. The maximum Gasteiger partial charge on any atom is 0.176 e. The Morgan fingerprint density at radius 3 is 2.74 bits per heavy atom. The molecule has 4 heteroatoms. The van der Waals surface area contributed by atoms with Gasteiger partial charge in [-0.05, 0) is 49.2 Å². The first-order valence-corrected chi connectivity index (χ1v) is 7.60. The predicted molar refractivity (Wildman–Crippen MR) is 87.2 cm³/mol. The van der Waals surface area contributed by atoms with Crippen LogP contribution in [-0.4, -0.2) is 29.6 Å². The first-order chi connectivity index (χ1) is 8.99. The van der Waals surface area contributed by atoms with Gasteiger partial charge in [0.25, 0.3) is 0 Å². The van der Waals surface area contributed by atoms with Crippen LogP contribution in [0.2, 0.25) is 5.02 Å². The van der Waals surface area contributed by atoms with Crippen molar-refractivity contribution in [1.29, 1.82) is 0 Å². The molecule has 0 radical (unpaired) electrons. The van der Waals surface area contributed by atoms with Gasteiger partial charge in [0.15, 0.2) is 5.11 Å². The van der Waals surface area contributed by atoms with Gasteiger partial charge in [-0.15, -0.1) is 0 Å². The van der Waals surface area contributed by atoms with E-state index in [-0.39, 0.29) is 0 Å². The number of nitrogens with zero attached hydrogens (tertiary/aromatic N) is 2. The van der Waals surface area contributed by atoms with Gasteiger partial charge in [0.2, 0.25) is 0 Å². The highest BCUT2D eigenvalue weighted by molar-refractivity contribution is 7.80. The predicted octanol–water partition coefficient (Wildman–Crippen LogP) is 4.10. The van der Waals surface area contributed by atoms with Gasteiger partial charge in [0.1, 0.15) is 0 Å². The second kappa shape index (κ2) is 6.10. The summed E-state index contributed by atoms with van der Waals surface area (Å²) in [6, 6.07) is 6.00. The van der Waals surface area contributed by atoms with Gasteiger partial charge in [-0.3, -0.25) is 0 Å². The highest BCUT2D eigenvalue weighted by Gasteiger charge is 2.24. The number of halogens is 1. The van der Waals surface area contributed by atoms with E-state index in [1.54, 1.807) is 0 Å². The Hall–Kier alpha value is -0.800. The van der Waals surface area contributed by atoms with Crippen molar-refractivity contribution in [3.63, 3.8) is 0 Å². The Kier molecular flexibility index (Phi) is 4.69. The molecule has 1 aromatic carbocycles. The molecule has 0 saturated carbocycles. The van der Waals surface area contributed by atoms with Crippen molar-refractivity contribution in [3.8, 4) is 0 Å². The topological polar surface area (TPSA) is 6.48 Å². The fraction of sp³-hybridized carbons (Fsp3) is 0.533. The van der Waals surface area contributed by atoms with Crippen LogP contribution in [0.25, 0.3) is 0 Å². The molecule has 2 nitrogen and oxygen atoms in total. The second-order valence-electron chi connectivity index (χ2n) is 5.56. The average Bonchev–Trinajstić information content (AvgIpc) is 2.35. The molecule has 1 heterocycles. The largest absolute Gasteiger partial charge is 0.349 e. The second-order valence-corrected chi connectivity index (χ2v) is 6.36. The van der Waals surface area contributed by atoms with Crippen molar-refractivity contribution < 1.29 is 0 Å². The Morgan fingerprint density at radius 1 is 1.32 bits per heavy atom. The van der Waals surface area contributed by atoms with Gasteiger partial charge < -0.3 is 9.80 Å². The van der Waals surface area contributed by atoms with Crippen molar-refractivity contribution in [2.45, 2.75) is 27.2 Å². The number of hydrogen-bond acceptors (Lipinski definition) is 1. The molecular weight excluding hydrogens is 276 g/mol. The van der Waals surface area contributed by atoms with Crippen LogP contribution in [0.3, 0.4) is 0 Å². The zero-order chi connectivity index (χ0) is 14.0. The average molecular weight is 297 g/mol. The Bertz CT molecular complexity index is 473. The lowest BCUT2D eigenvalue weighted by Gasteiger charge is -2.40. The molecule has 0 unspecified atom stereocenters. The quantitative estimate of drug-likeness (QED) is 0.775. The zero-order valence-corrected chi connectivity index (χ0v) is 13.4. The van der Waals surface area contributed by atoms with E-state index in [1.807, 2.05) is 12.1 Å².